The van der Waals surface area contributed by atoms with Gasteiger partial charge in [-0.2, -0.15) is 5.10 Å². The molecule has 2 aromatic rings. The molecule has 3 rings (SSSR count). The standard InChI is InChI=1S/C13H17N5OS/c14-5-4-11-16-10(7-20-11)13(19)17-9-3-1-2-8-6-15-18-12(8)9/h6-7,9H,1-5,14H2,(H,15,18)(H,17,19). The molecule has 6 nitrogen and oxygen atoms in total. The van der Waals surface area contributed by atoms with Crippen molar-refractivity contribution in [1.29, 1.82) is 0 Å². The molecule has 1 aliphatic rings. The molecule has 0 aliphatic heterocycles. The monoisotopic (exact) mass is 291 g/mol. The first-order chi connectivity index (χ1) is 9.78. The van der Waals surface area contributed by atoms with Crippen LogP contribution in [0, 0.1) is 0 Å². The van der Waals surface area contributed by atoms with E-state index < -0.39 is 0 Å². The van der Waals surface area contributed by atoms with Gasteiger partial charge in [-0.1, -0.05) is 0 Å². The SMILES string of the molecule is NCCc1nc(C(=O)NC2CCCc3cn[nH]c32)cs1. The Bertz CT molecular complexity index is 605. The first-order valence-electron chi connectivity index (χ1n) is 6.75. The first-order valence-corrected chi connectivity index (χ1v) is 7.63. The van der Waals surface area contributed by atoms with Gasteiger partial charge in [0, 0.05) is 11.8 Å². The number of hydrogen-bond acceptors (Lipinski definition) is 5. The molecule has 0 bridgehead atoms. The van der Waals surface area contributed by atoms with E-state index in [0.29, 0.717) is 18.7 Å². The number of nitrogens with two attached hydrogens (primary N) is 1. The summed E-state index contributed by atoms with van der Waals surface area (Å²) in [5.74, 6) is -0.128. The molecule has 2 aromatic heterocycles. The van der Waals surface area contributed by atoms with E-state index in [1.165, 1.54) is 16.9 Å². The number of amides is 1. The number of nitrogens with zero attached hydrogens (tertiary/aromatic N) is 2. The molecular formula is C13H17N5OS. The summed E-state index contributed by atoms with van der Waals surface area (Å²) >= 11 is 1.48. The maximum Gasteiger partial charge on any atom is 0.271 e. The van der Waals surface area contributed by atoms with Crippen molar-refractivity contribution >= 4 is 17.2 Å². The van der Waals surface area contributed by atoms with Crippen molar-refractivity contribution in [3.05, 3.63) is 33.5 Å². The maximum absolute atomic E-state index is 12.2. The zero-order chi connectivity index (χ0) is 13.9. The molecule has 0 aromatic carbocycles. The van der Waals surface area contributed by atoms with Crippen LogP contribution in [0.25, 0.3) is 0 Å². The highest BCUT2D eigenvalue weighted by molar-refractivity contribution is 7.09. The molecule has 0 saturated heterocycles. The summed E-state index contributed by atoms with van der Waals surface area (Å²) in [6, 6.07) is 0.00779. The Morgan fingerprint density at radius 3 is 3.35 bits per heavy atom. The highest BCUT2D eigenvalue weighted by Crippen LogP contribution is 2.27. The predicted octanol–water partition coefficient (Wildman–Crippen LogP) is 1.17. The van der Waals surface area contributed by atoms with Crippen LogP contribution in [0.4, 0.5) is 0 Å². The number of carbonyl (C=O) groups is 1. The van der Waals surface area contributed by atoms with E-state index in [2.05, 4.69) is 20.5 Å². The highest BCUT2D eigenvalue weighted by atomic mass is 32.1. The number of fused-ring (bicyclic) bond motifs is 1. The Hall–Kier alpha value is -1.73. The summed E-state index contributed by atoms with van der Waals surface area (Å²) in [4.78, 5) is 16.5. The summed E-state index contributed by atoms with van der Waals surface area (Å²) in [7, 11) is 0. The number of hydrogen-bond donors (Lipinski definition) is 3. The fraction of sp³-hybridized carbons (Fsp3) is 0.462. The molecule has 1 unspecified atom stereocenters. The van der Waals surface area contributed by atoms with Crippen LogP contribution in [0.5, 0.6) is 0 Å². The number of carbonyl (C=O) groups excluding carboxylic acids is 1. The van der Waals surface area contributed by atoms with Crippen LogP contribution in [-0.4, -0.2) is 27.6 Å². The zero-order valence-electron chi connectivity index (χ0n) is 11.1. The summed E-state index contributed by atoms with van der Waals surface area (Å²) < 4.78 is 0. The van der Waals surface area contributed by atoms with E-state index in [0.717, 1.165) is 30.0 Å². The van der Waals surface area contributed by atoms with Crippen LogP contribution in [0.15, 0.2) is 11.6 Å². The van der Waals surface area contributed by atoms with Gasteiger partial charge >= 0.3 is 0 Å². The fourth-order valence-corrected chi connectivity index (χ4v) is 3.29. The number of nitrogens with one attached hydrogen (secondary N) is 2. The van der Waals surface area contributed by atoms with E-state index in [9.17, 15) is 4.79 Å². The molecule has 20 heavy (non-hydrogen) atoms. The van der Waals surface area contributed by atoms with E-state index >= 15 is 0 Å². The molecule has 1 aliphatic carbocycles. The van der Waals surface area contributed by atoms with Crippen molar-refractivity contribution in [2.45, 2.75) is 31.7 Å². The fourth-order valence-electron chi connectivity index (χ4n) is 2.49. The van der Waals surface area contributed by atoms with Crippen LogP contribution in [0.2, 0.25) is 0 Å². The third-order valence-corrected chi connectivity index (χ3v) is 4.40. The number of H-pyrrole nitrogens is 1. The molecule has 0 spiro atoms. The molecular weight excluding hydrogens is 274 g/mol. The second kappa shape index (κ2) is 5.72. The number of aromatic amines is 1. The van der Waals surface area contributed by atoms with E-state index in [-0.39, 0.29) is 11.9 Å². The topological polar surface area (TPSA) is 96.7 Å². The number of thiazole rings is 1. The predicted molar refractivity (Wildman–Crippen MR) is 76.6 cm³/mol. The van der Waals surface area contributed by atoms with Gasteiger partial charge in [0.1, 0.15) is 5.69 Å². The van der Waals surface area contributed by atoms with Gasteiger partial charge in [0.05, 0.1) is 22.9 Å². The average Bonchev–Trinajstić information content (AvgIpc) is 3.08. The molecule has 0 radical (unpaired) electrons. The van der Waals surface area contributed by atoms with Crippen LogP contribution in [0.1, 0.15) is 45.6 Å². The minimum absolute atomic E-state index is 0.00779. The van der Waals surface area contributed by atoms with Crippen molar-refractivity contribution in [1.82, 2.24) is 20.5 Å². The van der Waals surface area contributed by atoms with Crippen molar-refractivity contribution in [2.24, 2.45) is 5.73 Å². The summed E-state index contributed by atoms with van der Waals surface area (Å²) in [5, 5.41) is 12.8. The van der Waals surface area contributed by atoms with Gasteiger partial charge in [0.2, 0.25) is 0 Å². The number of aromatic nitrogens is 3. The molecule has 106 valence electrons. The lowest BCUT2D eigenvalue weighted by atomic mass is 9.93. The van der Waals surface area contributed by atoms with Gasteiger partial charge in [0.15, 0.2) is 0 Å². The smallest absolute Gasteiger partial charge is 0.271 e. The minimum Gasteiger partial charge on any atom is -0.342 e. The van der Waals surface area contributed by atoms with Crippen molar-refractivity contribution in [3.63, 3.8) is 0 Å². The highest BCUT2D eigenvalue weighted by Gasteiger charge is 2.24. The van der Waals surface area contributed by atoms with Gasteiger partial charge in [-0.05, 0) is 31.4 Å². The van der Waals surface area contributed by atoms with Gasteiger partial charge in [-0.3, -0.25) is 9.89 Å². The van der Waals surface area contributed by atoms with Crippen LogP contribution >= 0.6 is 11.3 Å². The summed E-state index contributed by atoms with van der Waals surface area (Å²) in [5.41, 5.74) is 8.20. The van der Waals surface area contributed by atoms with Crippen LogP contribution in [0.3, 0.4) is 0 Å². The molecule has 1 atom stereocenters. The van der Waals surface area contributed by atoms with E-state index in [1.807, 2.05) is 6.20 Å². The molecule has 7 heteroatoms. The lowest BCUT2D eigenvalue weighted by Gasteiger charge is -2.22. The third kappa shape index (κ3) is 2.59. The van der Waals surface area contributed by atoms with Crippen molar-refractivity contribution in [2.75, 3.05) is 6.54 Å². The summed E-state index contributed by atoms with van der Waals surface area (Å²) in [6.45, 7) is 0.550. The quantitative estimate of drug-likeness (QED) is 0.788. The van der Waals surface area contributed by atoms with Gasteiger partial charge in [-0.15, -0.1) is 11.3 Å². The lowest BCUT2D eigenvalue weighted by molar-refractivity contribution is 0.0927. The first kappa shape index (κ1) is 13.3. The summed E-state index contributed by atoms with van der Waals surface area (Å²) in [6.07, 6.45) is 5.57. The second-order valence-corrected chi connectivity index (χ2v) is 5.84. The Morgan fingerprint density at radius 2 is 2.50 bits per heavy atom. The Morgan fingerprint density at radius 1 is 1.60 bits per heavy atom. The van der Waals surface area contributed by atoms with Gasteiger partial charge in [0.25, 0.3) is 5.91 Å². The van der Waals surface area contributed by atoms with Gasteiger partial charge in [-0.25, -0.2) is 4.98 Å². The van der Waals surface area contributed by atoms with Crippen molar-refractivity contribution in [3.8, 4) is 0 Å². The molecule has 0 saturated carbocycles. The number of aryl methyl sites for hydroxylation is 1. The normalized spacial score (nSPS) is 17.8. The Labute approximate surface area is 120 Å². The number of rotatable bonds is 4. The van der Waals surface area contributed by atoms with Crippen LogP contribution in [-0.2, 0) is 12.8 Å². The van der Waals surface area contributed by atoms with Crippen molar-refractivity contribution < 1.29 is 4.79 Å². The minimum atomic E-state index is -0.128. The molecule has 0 fully saturated rings. The Kier molecular flexibility index (Phi) is 3.79. The van der Waals surface area contributed by atoms with E-state index in [1.54, 1.807) is 5.38 Å². The second-order valence-electron chi connectivity index (χ2n) is 4.89. The van der Waals surface area contributed by atoms with Crippen LogP contribution < -0.4 is 11.1 Å². The zero-order valence-corrected chi connectivity index (χ0v) is 11.9. The lowest BCUT2D eigenvalue weighted by Crippen LogP contribution is -2.31. The average molecular weight is 291 g/mol. The third-order valence-electron chi connectivity index (χ3n) is 3.49. The van der Waals surface area contributed by atoms with Gasteiger partial charge < -0.3 is 11.1 Å². The molecule has 2 heterocycles. The Balaban J connectivity index is 1.70. The molecule has 1 amide bonds. The molecule has 4 N–H and O–H groups in total. The maximum atomic E-state index is 12.2. The largest absolute Gasteiger partial charge is 0.342 e. The van der Waals surface area contributed by atoms with E-state index in [4.69, 9.17) is 5.73 Å².